The van der Waals surface area contributed by atoms with Crippen molar-refractivity contribution in [2.45, 2.75) is 45.6 Å². The van der Waals surface area contributed by atoms with E-state index in [0.29, 0.717) is 12.5 Å². The highest BCUT2D eigenvalue weighted by Gasteiger charge is 2.20. The summed E-state index contributed by atoms with van der Waals surface area (Å²) >= 11 is 0. The maximum Gasteiger partial charge on any atom is 0.305 e. The Morgan fingerprint density at radius 3 is 3.00 bits per heavy atom. The quantitative estimate of drug-likeness (QED) is 0.712. The average molecular weight is 212 g/mol. The molecule has 1 rings (SSSR count). The van der Waals surface area contributed by atoms with Gasteiger partial charge in [0, 0.05) is 0 Å². The summed E-state index contributed by atoms with van der Waals surface area (Å²) in [6.07, 6.45) is 5.81. The van der Waals surface area contributed by atoms with Crippen LogP contribution in [-0.2, 0) is 9.53 Å². The van der Waals surface area contributed by atoms with Gasteiger partial charge in [0.15, 0.2) is 0 Å². The number of carbonyl (C=O) groups is 1. The molecular weight excluding hydrogens is 192 g/mol. The first-order chi connectivity index (χ1) is 7.11. The second-order valence-electron chi connectivity index (χ2n) is 4.29. The van der Waals surface area contributed by atoms with E-state index in [1.807, 2.05) is 0 Å². The third kappa shape index (κ3) is 4.04. The van der Waals surface area contributed by atoms with Crippen LogP contribution in [0.15, 0.2) is 11.6 Å². The highest BCUT2D eigenvalue weighted by molar-refractivity contribution is 5.66. The van der Waals surface area contributed by atoms with E-state index in [1.165, 1.54) is 5.57 Å². The van der Waals surface area contributed by atoms with Crippen LogP contribution >= 0.6 is 0 Å². The van der Waals surface area contributed by atoms with Crippen molar-refractivity contribution >= 4 is 5.97 Å². The van der Waals surface area contributed by atoms with Gasteiger partial charge in [-0.1, -0.05) is 19.9 Å². The van der Waals surface area contributed by atoms with Crippen molar-refractivity contribution in [2.24, 2.45) is 5.92 Å². The number of ether oxygens (including phenoxy) is 1. The monoisotopic (exact) mass is 212 g/mol. The van der Waals surface area contributed by atoms with Crippen LogP contribution in [0.4, 0.5) is 0 Å². The number of carboxylic acids is 1. The molecule has 0 fully saturated rings. The third-order valence-electron chi connectivity index (χ3n) is 2.72. The van der Waals surface area contributed by atoms with Gasteiger partial charge >= 0.3 is 5.97 Å². The van der Waals surface area contributed by atoms with Gasteiger partial charge in [-0.15, -0.1) is 0 Å². The first-order valence-electron chi connectivity index (χ1n) is 5.64. The number of aliphatic carboxylic acids is 1. The van der Waals surface area contributed by atoms with E-state index in [9.17, 15) is 4.79 Å². The number of hydrogen-bond acceptors (Lipinski definition) is 2. The molecule has 0 aromatic carbocycles. The van der Waals surface area contributed by atoms with Gasteiger partial charge in [0.1, 0.15) is 0 Å². The molecule has 0 saturated heterocycles. The Bertz CT molecular complexity index is 243. The van der Waals surface area contributed by atoms with Gasteiger partial charge in [0.05, 0.1) is 19.1 Å². The molecule has 0 bridgehead atoms. The van der Waals surface area contributed by atoms with E-state index in [1.54, 1.807) is 0 Å². The van der Waals surface area contributed by atoms with Crippen molar-refractivity contribution in [3.8, 4) is 0 Å². The zero-order chi connectivity index (χ0) is 11.3. The molecule has 0 heterocycles. The van der Waals surface area contributed by atoms with Gasteiger partial charge in [-0.05, 0) is 30.8 Å². The van der Waals surface area contributed by atoms with Crippen molar-refractivity contribution in [3.63, 3.8) is 0 Å². The maximum absolute atomic E-state index is 10.4. The summed E-state index contributed by atoms with van der Waals surface area (Å²) in [4.78, 5) is 10.4. The van der Waals surface area contributed by atoms with E-state index < -0.39 is 5.97 Å². The van der Waals surface area contributed by atoms with Crippen LogP contribution in [0.2, 0.25) is 0 Å². The van der Waals surface area contributed by atoms with Crippen LogP contribution in [0.25, 0.3) is 0 Å². The molecule has 3 nitrogen and oxygen atoms in total. The second-order valence-corrected chi connectivity index (χ2v) is 4.29. The lowest BCUT2D eigenvalue weighted by atomic mass is 9.89. The second kappa shape index (κ2) is 5.91. The molecule has 0 spiro atoms. The van der Waals surface area contributed by atoms with Crippen LogP contribution in [0.3, 0.4) is 0 Å². The largest absolute Gasteiger partial charge is 0.481 e. The van der Waals surface area contributed by atoms with Crippen LogP contribution in [0.1, 0.15) is 39.5 Å². The standard InChI is InChI=1S/C12H20O3/c1-9(2)10-5-3-4-6-11(10)15-8-7-12(13)14/h5,9,11H,3-4,6-8H2,1-2H3,(H,13,14)/t11-/m1/s1. The Hall–Kier alpha value is -0.830. The minimum absolute atomic E-state index is 0.0991. The minimum atomic E-state index is -0.791. The number of carboxylic acid groups (broad SMARTS) is 1. The molecule has 0 unspecified atom stereocenters. The Morgan fingerprint density at radius 2 is 2.40 bits per heavy atom. The molecule has 1 aliphatic rings. The Kier molecular flexibility index (Phi) is 4.82. The fraction of sp³-hybridized carbons (Fsp3) is 0.750. The fourth-order valence-electron chi connectivity index (χ4n) is 1.95. The van der Waals surface area contributed by atoms with E-state index in [-0.39, 0.29) is 12.5 Å². The summed E-state index contributed by atoms with van der Waals surface area (Å²) in [5.74, 6) is -0.291. The lowest BCUT2D eigenvalue weighted by molar-refractivity contribution is -0.138. The van der Waals surface area contributed by atoms with E-state index in [0.717, 1.165) is 19.3 Å². The van der Waals surface area contributed by atoms with Crippen molar-refractivity contribution in [2.75, 3.05) is 6.61 Å². The van der Waals surface area contributed by atoms with Crippen molar-refractivity contribution in [1.82, 2.24) is 0 Å². The van der Waals surface area contributed by atoms with Gasteiger partial charge in [0.2, 0.25) is 0 Å². The van der Waals surface area contributed by atoms with Gasteiger partial charge in [-0.3, -0.25) is 4.79 Å². The summed E-state index contributed by atoms with van der Waals surface area (Å²) < 4.78 is 5.62. The number of hydrogen-bond donors (Lipinski definition) is 1. The van der Waals surface area contributed by atoms with Crippen molar-refractivity contribution < 1.29 is 14.6 Å². The van der Waals surface area contributed by atoms with Crippen molar-refractivity contribution in [1.29, 1.82) is 0 Å². The SMILES string of the molecule is CC(C)C1=CCCC[C@H]1OCCC(=O)O. The van der Waals surface area contributed by atoms with Crippen molar-refractivity contribution in [3.05, 3.63) is 11.6 Å². The van der Waals surface area contributed by atoms with E-state index in [2.05, 4.69) is 19.9 Å². The highest BCUT2D eigenvalue weighted by atomic mass is 16.5. The zero-order valence-electron chi connectivity index (χ0n) is 9.53. The lowest BCUT2D eigenvalue weighted by Crippen LogP contribution is -2.23. The smallest absolute Gasteiger partial charge is 0.305 e. The third-order valence-corrected chi connectivity index (χ3v) is 2.72. The van der Waals surface area contributed by atoms with Crippen LogP contribution in [0.5, 0.6) is 0 Å². The van der Waals surface area contributed by atoms with Gasteiger partial charge in [-0.25, -0.2) is 0 Å². The molecule has 1 N–H and O–H groups in total. The summed E-state index contributed by atoms with van der Waals surface area (Å²) in [6, 6.07) is 0. The fourth-order valence-corrected chi connectivity index (χ4v) is 1.95. The van der Waals surface area contributed by atoms with Crippen LogP contribution in [0, 0.1) is 5.92 Å². The Balaban J connectivity index is 2.41. The molecule has 86 valence electrons. The predicted molar refractivity (Wildman–Crippen MR) is 58.8 cm³/mol. The molecule has 0 radical (unpaired) electrons. The summed E-state index contributed by atoms with van der Waals surface area (Å²) in [6.45, 7) is 4.64. The molecule has 0 aliphatic heterocycles. The molecule has 0 aromatic rings. The molecule has 3 heteroatoms. The van der Waals surface area contributed by atoms with Gasteiger partial charge in [0.25, 0.3) is 0 Å². The van der Waals surface area contributed by atoms with E-state index >= 15 is 0 Å². The Labute approximate surface area is 91.1 Å². The van der Waals surface area contributed by atoms with Crippen LogP contribution in [-0.4, -0.2) is 23.8 Å². The minimum Gasteiger partial charge on any atom is -0.481 e. The average Bonchev–Trinajstić information content (AvgIpc) is 2.17. The molecule has 1 atom stereocenters. The molecule has 15 heavy (non-hydrogen) atoms. The molecular formula is C12H20O3. The molecule has 1 aliphatic carbocycles. The summed E-state index contributed by atoms with van der Waals surface area (Å²) in [7, 11) is 0. The Morgan fingerprint density at radius 1 is 1.67 bits per heavy atom. The number of allylic oxidation sites excluding steroid dienone is 1. The molecule has 0 amide bonds. The highest BCUT2D eigenvalue weighted by Crippen LogP contribution is 2.26. The van der Waals surface area contributed by atoms with Gasteiger partial charge in [-0.2, -0.15) is 0 Å². The van der Waals surface area contributed by atoms with E-state index in [4.69, 9.17) is 9.84 Å². The predicted octanol–water partition coefficient (Wildman–Crippen LogP) is 2.61. The maximum atomic E-state index is 10.4. The summed E-state index contributed by atoms with van der Waals surface area (Å²) in [5.41, 5.74) is 1.34. The number of rotatable bonds is 5. The first kappa shape index (κ1) is 12.2. The van der Waals surface area contributed by atoms with Gasteiger partial charge < -0.3 is 9.84 Å². The lowest BCUT2D eigenvalue weighted by Gasteiger charge is -2.27. The van der Waals surface area contributed by atoms with Crippen LogP contribution < -0.4 is 0 Å². The topological polar surface area (TPSA) is 46.5 Å². The molecule has 0 saturated carbocycles. The first-order valence-corrected chi connectivity index (χ1v) is 5.64. The normalized spacial score (nSPS) is 21.5. The summed E-state index contributed by atoms with van der Waals surface area (Å²) in [5, 5.41) is 8.52. The molecule has 0 aromatic heterocycles. The zero-order valence-corrected chi connectivity index (χ0v) is 9.53.